The Morgan fingerprint density at radius 2 is 1.47 bits per heavy atom. The van der Waals surface area contributed by atoms with Crippen LogP contribution >= 0.6 is 0 Å². The van der Waals surface area contributed by atoms with E-state index in [2.05, 4.69) is 6.58 Å². The summed E-state index contributed by atoms with van der Waals surface area (Å²) in [4.78, 5) is 18.6. The molecule has 4 heteroatoms. The molecule has 0 amide bonds. The number of para-hydroxylation sites is 1. The summed E-state index contributed by atoms with van der Waals surface area (Å²) in [5, 5.41) is 0. The molecule has 0 unspecified atom stereocenters. The molecule has 0 aliphatic heterocycles. The Kier molecular flexibility index (Phi) is 5.85. The monoisotopic (exact) mass is 394 g/mol. The highest BCUT2D eigenvalue weighted by molar-refractivity contribution is 5.60. The Bertz CT molecular complexity index is 1180. The molecule has 0 saturated heterocycles. The van der Waals surface area contributed by atoms with Gasteiger partial charge >= 0.3 is 0 Å². The minimum Gasteiger partial charge on any atom is -0.473 e. The van der Waals surface area contributed by atoms with Crippen molar-refractivity contribution in [1.82, 2.24) is 9.55 Å². The molecule has 0 aliphatic carbocycles. The van der Waals surface area contributed by atoms with Crippen LogP contribution in [0.5, 0.6) is 5.88 Å². The standard InChI is InChI=1S/C26H22N2O2/c1-2-18-30-25-23(19-20-12-6-3-7-13-20)26(29)28(22-16-10-5-11-17-22)24(27-25)21-14-8-4-9-15-21/h2-17H,1,18-19H2. The quantitative estimate of drug-likeness (QED) is 0.412. The average molecular weight is 394 g/mol. The van der Waals surface area contributed by atoms with Crippen molar-refractivity contribution in [3.8, 4) is 23.0 Å². The van der Waals surface area contributed by atoms with Crippen molar-refractivity contribution in [2.45, 2.75) is 6.42 Å². The van der Waals surface area contributed by atoms with E-state index in [1.54, 1.807) is 10.6 Å². The number of hydrogen-bond donors (Lipinski definition) is 0. The Balaban J connectivity index is 1.97. The fourth-order valence-electron chi connectivity index (χ4n) is 3.34. The smallest absolute Gasteiger partial charge is 0.265 e. The Morgan fingerprint density at radius 3 is 2.10 bits per heavy atom. The van der Waals surface area contributed by atoms with Crippen molar-refractivity contribution >= 4 is 0 Å². The van der Waals surface area contributed by atoms with Gasteiger partial charge in [0, 0.05) is 12.0 Å². The second-order valence-electron chi connectivity index (χ2n) is 6.82. The van der Waals surface area contributed by atoms with Crippen LogP contribution in [-0.2, 0) is 6.42 Å². The van der Waals surface area contributed by atoms with Gasteiger partial charge in [-0.1, -0.05) is 91.5 Å². The summed E-state index contributed by atoms with van der Waals surface area (Å²) in [7, 11) is 0. The van der Waals surface area contributed by atoms with Gasteiger partial charge in [-0.05, 0) is 17.7 Å². The first-order valence-corrected chi connectivity index (χ1v) is 9.82. The van der Waals surface area contributed by atoms with Crippen LogP contribution < -0.4 is 10.3 Å². The lowest BCUT2D eigenvalue weighted by atomic mass is 10.1. The fraction of sp³-hybridized carbons (Fsp3) is 0.0769. The third-order valence-corrected chi connectivity index (χ3v) is 4.75. The van der Waals surface area contributed by atoms with Crippen LogP contribution in [0.4, 0.5) is 0 Å². The van der Waals surface area contributed by atoms with Gasteiger partial charge < -0.3 is 4.74 Å². The number of aromatic nitrogens is 2. The van der Waals surface area contributed by atoms with Gasteiger partial charge in [-0.15, -0.1) is 0 Å². The number of nitrogens with zero attached hydrogens (tertiary/aromatic N) is 2. The predicted molar refractivity (Wildman–Crippen MR) is 120 cm³/mol. The highest BCUT2D eigenvalue weighted by Gasteiger charge is 2.20. The molecular weight excluding hydrogens is 372 g/mol. The summed E-state index contributed by atoms with van der Waals surface area (Å²) in [5.41, 5.74) is 3.00. The van der Waals surface area contributed by atoms with E-state index in [1.165, 1.54) is 0 Å². The molecule has 0 spiro atoms. The second kappa shape index (κ2) is 9.05. The Labute approximate surface area is 175 Å². The molecule has 0 bridgehead atoms. The molecule has 4 nitrogen and oxygen atoms in total. The lowest BCUT2D eigenvalue weighted by Gasteiger charge is -2.17. The molecule has 0 fully saturated rings. The van der Waals surface area contributed by atoms with Crippen LogP contribution in [0.15, 0.2) is 108 Å². The largest absolute Gasteiger partial charge is 0.473 e. The van der Waals surface area contributed by atoms with Crippen molar-refractivity contribution in [2.75, 3.05) is 6.61 Å². The van der Waals surface area contributed by atoms with Crippen LogP contribution in [0.25, 0.3) is 17.1 Å². The number of benzene rings is 3. The van der Waals surface area contributed by atoms with Crippen molar-refractivity contribution in [1.29, 1.82) is 0 Å². The normalized spacial score (nSPS) is 10.5. The molecule has 0 aliphatic rings. The topological polar surface area (TPSA) is 44.1 Å². The Hall–Kier alpha value is -3.92. The van der Waals surface area contributed by atoms with E-state index in [0.29, 0.717) is 23.7 Å². The van der Waals surface area contributed by atoms with E-state index < -0.39 is 0 Å². The van der Waals surface area contributed by atoms with Gasteiger partial charge in [-0.3, -0.25) is 9.36 Å². The maximum Gasteiger partial charge on any atom is 0.265 e. The van der Waals surface area contributed by atoms with Crippen molar-refractivity contribution in [2.24, 2.45) is 0 Å². The highest BCUT2D eigenvalue weighted by Crippen LogP contribution is 2.25. The van der Waals surface area contributed by atoms with Crippen molar-refractivity contribution < 1.29 is 4.74 Å². The van der Waals surface area contributed by atoms with E-state index >= 15 is 0 Å². The number of rotatable bonds is 7. The van der Waals surface area contributed by atoms with Gasteiger partial charge in [0.25, 0.3) is 5.56 Å². The molecule has 148 valence electrons. The summed E-state index contributed by atoms with van der Waals surface area (Å²) >= 11 is 0. The lowest BCUT2D eigenvalue weighted by Crippen LogP contribution is -2.27. The summed E-state index contributed by atoms with van der Waals surface area (Å²) in [5.74, 6) is 0.887. The predicted octanol–water partition coefficient (Wildman–Crippen LogP) is 5.06. The first-order chi connectivity index (χ1) is 14.8. The van der Waals surface area contributed by atoms with Gasteiger partial charge in [-0.25, -0.2) is 0 Å². The third-order valence-electron chi connectivity index (χ3n) is 4.75. The fourth-order valence-corrected chi connectivity index (χ4v) is 3.34. The second-order valence-corrected chi connectivity index (χ2v) is 6.82. The molecule has 3 aromatic carbocycles. The molecule has 1 heterocycles. The molecule has 1 aromatic heterocycles. The maximum atomic E-state index is 13.8. The molecule has 0 N–H and O–H groups in total. The van der Waals surface area contributed by atoms with Gasteiger partial charge in [0.05, 0.1) is 11.3 Å². The van der Waals surface area contributed by atoms with E-state index in [9.17, 15) is 4.79 Å². The van der Waals surface area contributed by atoms with E-state index in [-0.39, 0.29) is 12.2 Å². The summed E-state index contributed by atoms with van der Waals surface area (Å²) in [6.45, 7) is 4.00. The van der Waals surface area contributed by atoms with E-state index in [1.807, 2.05) is 91.0 Å². The first kappa shape index (κ1) is 19.4. The summed E-state index contributed by atoms with van der Waals surface area (Å²) in [6, 6.07) is 29.1. The summed E-state index contributed by atoms with van der Waals surface area (Å²) < 4.78 is 7.51. The zero-order valence-electron chi connectivity index (χ0n) is 16.6. The molecule has 0 atom stereocenters. The van der Waals surface area contributed by atoms with Gasteiger partial charge in [0.15, 0.2) is 5.82 Å². The minimum absolute atomic E-state index is 0.141. The Morgan fingerprint density at radius 1 is 0.867 bits per heavy atom. The molecular formula is C26H22N2O2. The molecule has 0 radical (unpaired) electrons. The van der Waals surface area contributed by atoms with Crippen molar-refractivity contribution in [3.63, 3.8) is 0 Å². The molecule has 30 heavy (non-hydrogen) atoms. The zero-order chi connectivity index (χ0) is 20.8. The molecule has 4 aromatic rings. The van der Waals surface area contributed by atoms with E-state index in [0.717, 1.165) is 16.8 Å². The van der Waals surface area contributed by atoms with Gasteiger partial charge in [0.1, 0.15) is 6.61 Å². The maximum absolute atomic E-state index is 13.8. The number of ether oxygens (including phenoxy) is 1. The SMILES string of the molecule is C=CCOc1nc(-c2ccccc2)n(-c2ccccc2)c(=O)c1Cc1ccccc1. The van der Waals surface area contributed by atoms with Crippen LogP contribution in [0.1, 0.15) is 11.1 Å². The highest BCUT2D eigenvalue weighted by atomic mass is 16.5. The van der Waals surface area contributed by atoms with Crippen LogP contribution in [0, 0.1) is 0 Å². The minimum atomic E-state index is -0.141. The number of hydrogen-bond acceptors (Lipinski definition) is 3. The van der Waals surface area contributed by atoms with Gasteiger partial charge in [0.2, 0.25) is 5.88 Å². The third kappa shape index (κ3) is 4.08. The van der Waals surface area contributed by atoms with E-state index in [4.69, 9.17) is 9.72 Å². The van der Waals surface area contributed by atoms with Crippen LogP contribution in [-0.4, -0.2) is 16.2 Å². The average Bonchev–Trinajstić information content (AvgIpc) is 2.81. The first-order valence-electron chi connectivity index (χ1n) is 9.82. The van der Waals surface area contributed by atoms with Crippen LogP contribution in [0.2, 0.25) is 0 Å². The van der Waals surface area contributed by atoms with Crippen LogP contribution in [0.3, 0.4) is 0 Å². The zero-order valence-corrected chi connectivity index (χ0v) is 16.6. The van der Waals surface area contributed by atoms with Crippen molar-refractivity contribution in [3.05, 3.63) is 125 Å². The molecule has 4 rings (SSSR count). The lowest BCUT2D eigenvalue weighted by molar-refractivity contribution is 0.343. The summed E-state index contributed by atoms with van der Waals surface area (Å²) in [6.07, 6.45) is 2.08. The van der Waals surface area contributed by atoms with Gasteiger partial charge in [-0.2, -0.15) is 4.98 Å². The molecule has 0 saturated carbocycles.